The van der Waals surface area contributed by atoms with E-state index in [4.69, 9.17) is 5.11 Å². The number of hydrogen-bond acceptors (Lipinski definition) is 2. The van der Waals surface area contributed by atoms with Crippen molar-refractivity contribution in [2.45, 2.75) is 25.7 Å². The molecule has 1 aliphatic rings. The van der Waals surface area contributed by atoms with Crippen LogP contribution in [0.1, 0.15) is 35.2 Å². The second kappa shape index (κ2) is 7.11. The molecule has 0 aliphatic heterocycles. The minimum Gasteiger partial charge on any atom is -0.478 e. The smallest absolute Gasteiger partial charge is 0.335 e. The number of nitrogens with zero attached hydrogens (tertiary/aromatic N) is 1. The molecule has 0 heterocycles. The Morgan fingerprint density at radius 3 is 2.48 bits per heavy atom. The number of hydrogen-bond donors (Lipinski definition) is 2. The van der Waals surface area contributed by atoms with Crippen LogP contribution in [0.4, 0.5) is 4.79 Å². The number of nitrogens with one attached hydrogen (secondary N) is 1. The monoisotopic (exact) mass is 290 g/mol. The lowest BCUT2D eigenvalue weighted by atomic mass is 9.85. The second-order valence-corrected chi connectivity index (χ2v) is 5.66. The van der Waals surface area contributed by atoms with Crippen molar-refractivity contribution in [1.29, 1.82) is 0 Å². The van der Waals surface area contributed by atoms with Gasteiger partial charge in [-0.1, -0.05) is 18.6 Å². The fraction of sp³-hybridized carbons (Fsp3) is 0.500. The molecule has 2 rings (SSSR count). The number of carbonyl (C=O) groups is 2. The maximum Gasteiger partial charge on any atom is 0.335 e. The highest BCUT2D eigenvalue weighted by Gasteiger charge is 2.21. The van der Waals surface area contributed by atoms with Crippen LogP contribution in [0.25, 0.3) is 0 Å². The Labute approximate surface area is 125 Å². The van der Waals surface area contributed by atoms with Gasteiger partial charge in [-0.25, -0.2) is 9.59 Å². The maximum absolute atomic E-state index is 11.9. The summed E-state index contributed by atoms with van der Waals surface area (Å²) in [5.41, 5.74) is 1.30. The van der Waals surface area contributed by atoms with Gasteiger partial charge in [-0.2, -0.15) is 0 Å². The van der Waals surface area contributed by atoms with E-state index < -0.39 is 5.97 Å². The SMILES string of the molecule is CN(CC1CCC1)C(=O)NCCc1ccc(C(=O)O)cc1. The molecule has 0 unspecified atom stereocenters. The van der Waals surface area contributed by atoms with Crippen LogP contribution in [-0.4, -0.2) is 42.1 Å². The van der Waals surface area contributed by atoms with Crippen molar-refractivity contribution in [1.82, 2.24) is 10.2 Å². The van der Waals surface area contributed by atoms with Crippen molar-refractivity contribution in [2.75, 3.05) is 20.1 Å². The van der Waals surface area contributed by atoms with E-state index in [0.717, 1.165) is 12.1 Å². The van der Waals surface area contributed by atoms with Gasteiger partial charge in [0.15, 0.2) is 0 Å². The third-order valence-electron chi connectivity index (χ3n) is 3.99. The first kappa shape index (κ1) is 15.4. The number of aromatic carboxylic acids is 1. The fourth-order valence-corrected chi connectivity index (χ4v) is 2.41. The number of carbonyl (C=O) groups excluding carboxylic acids is 1. The minimum atomic E-state index is -0.924. The van der Waals surface area contributed by atoms with E-state index in [9.17, 15) is 9.59 Å². The van der Waals surface area contributed by atoms with Crippen molar-refractivity contribution >= 4 is 12.0 Å². The number of benzene rings is 1. The Morgan fingerprint density at radius 2 is 1.95 bits per heavy atom. The number of rotatable bonds is 6. The lowest BCUT2D eigenvalue weighted by molar-refractivity contribution is 0.0697. The summed E-state index contributed by atoms with van der Waals surface area (Å²) < 4.78 is 0. The lowest BCUT2D eigenvalue weighted by Gasteiger charge is -2.30. The summed E-state index contributed by atoms with van der Waals surface area (Å²) in [4.78, 5) is 24.4. The van der Waals surface area contributed by atoms with Gasteiger partial charge in [0.25, 0.3) is 0 Å². The Balaban J connectivity index is 1.70. The largest absolute Gasteiger partial charge is 0.478 e. The Kier molecular flexibility index (Phi) is 5.20. The third kappa shape index (κ3) is 4.48. The zero-order chi connectivity index (χ0) is 15.2. The quantitative estimate of drug-likeness (QED) is 0.845. The molecular formula is C16H22N2O3. The molecule has 0 spiro atoms. The highest BCUT2D eigenvalue weighted by atomic mass is 16.4. The van der Waals surface area contributed by atoms with Gasteiger partial charge in [-0.05, 0) is 42.9 Å². The first-order valence-electron chi connectivity index (χ1n) is 7.37. The Hall–Kier alpha value is -2.04. The van der Waals surface area contributed by atoms with Crippen LogP contribution in [0.15, 0.2) is 24.3 Å². The highest BCUT2D eigenvalue weighted by molar-refractivity contribution is 5.87. The minimum absolute atomic E-state index is 0.0379. The van der Waals surface area contributed by atoms with Crippen LogP contribution in [0.2, 0.25) is 0 Å². The molecule has 0 saturated heterocycles. The number of carboxylic acids is 1. The summed E-state index contributed by atoms with van der Waals surface area (Å²) in [5, 5.41) is 11.7. The van der Waals surface area contributed by atoms with Crippen molar-refractivity contribution < 1.29 is 14.7 Å². The summed E-state index contributed by atoms with van der Waals surface area (Å²) in [5.74, 6) is -0.253. The molecule has 1 aromatic carbocycles. The average Bonchev–Trinajstić information content (AvgIpc) is 2.43. The lowest BCUT2D eigenvalue weighted by Crippen LogP contribution is -2.41. The van der Waals surface area contributed by atoms with Crippen LogP contribution < -0.4 is 5.32 Å². The van der Waals surface area contributed by atoms with Crippen LogP contribution in [0, 0.1) is 5.92 Å². The number of amides is 2. The molecule has 5 heteroatoms. The van der Waals surface area contributed by atoms with Gasteiger partial charge < -0.3 is 15.3 Å². The molecule has 1 aromatic rings. The number of urea groups is 1. The maximum atomic E-state index is 11.9. The number of carboxylic acid groups (broad SMARTS) is 1. The molecule has 2 N–H and O–H groups in total. The molecule has 1 fully saturated rings. The molecule has 0 aromatic heterocycles. The van der Waals surface area contributed by atoms with E-state index in [1.165, 1.54) is 19.3 Å². The fourth-order valence-electron chi connectivity index (χ4n) is 2.41. The van der Waals surface area contributed by atoms with E-state index >= 15 is 0 Å². The van der Waals surface area contributed by atoms with Crippen molar-refractivity contribution in [3.05, 3.63) is 35.4 Å². The van der Waals surface area contributed by atoms with Crippen molar-refractivity contribution in [3.8, 4) is 0 Å². The van der Waals surface area contributed by atoms with Gasteiger partial charge in [0, 0.05) is 20.1 Å². The molecule has 1 saturated carbocycles. The summed E-state index contributed by atoms with van der Waals surface area (Å²) in [7, 11) is 1.83. The standard InChI is InChI=1S/C16H22N2O3/c1-18(11-13-3-2-4-13)16(21)17-10-9-12-5-7-14(8-6-12)15(19)20/h5-8,13H,2-4,9-11H2,1H3,(H,17,21)(H,19,20). The zero-order valence-corrected chi connectivity index (χ0v) is 12.3. The molecular weight excluding hydrogens is 268 g/mol. The topological polar surface area (TPSA) is 69.6 Å². The average molecular weight is 290 g/mol. The Bertz CT molecular complexity index is 495. The van der Waals surface area contributed by atoms with Crippen LogP contribution in [0.5, 0.6) is 0 Å². The van der Waals surface area contributed by atoms with Gasteiger partial charge in [0.1, 0.15) is 0 Å². The summed E-state index contributed by atoms with van der Waals surface area (Å²) >= 11 is 0. The van der Waals surface area contributed by atoms with Gasteiger partial charge >= 0.3 is 12.0 Å². The Morgan fingerprint density at radius 1 is 1.29 bits per heavy atom. The van der Waals surface area contributed by atoms with Gasteiger partial charge in [-0.15, -0.1) is 0 Å². The van der Waals surface area contributed by atoms with Crippen molar-refractivity contribution in [2.24, 2.45) is 5.92 Å². The molecule has 0 bridgehead atoms. The van der Waals surface area contributed by atoms with E-state index in [1.54, 1.807) is 29.2 Å². The van der Waals surface area contributed by atoms with E-state index in [0.29, 0.717) is 18.9 Å². The normalized spacial score (nSPS) is 14.3. The molecule has 0 atom stereocenters. The van der Waals surface area contributed by atoms with Crippen LogP contribution >= 0.6 is 0 Å². The predicted octanol–water partition coefficient (Wildman–Crippen LogP) is 2.37. The predicted molar refractivity (Wildman–Crippen MR) is 80.5 cm³/mol. The highest BCUT2D eigenvalue weighted by Crippen LogP contribution is 2.26. The van der Waals surface area contributed by atoms with Gasteiger partial charge in [0.05, 0.1) is 5.56 Å². The van der Waals surface area contributed by atoms with Gasteiger partial charge in [-0.3, -0.25) is 0 Å². The van der Waals surface area contributed by atoms with Gasteiger partial charge in [0.2, 0.25) is 0 Å². The van der Waals surface area contributed by atoms with E-state index in [1.807, 2.05) is 7.05 Å². The van der Waals surface area contributed by atoms with Crippen molar-refractivity contribution in [3.63, 3.8) is 0 Å². The summed E-state index contributed by atoms with van der Waals surface area (Å²) in [6, 6.07) is 6.70. The van der Waals surface area contributed by atoms with Crippen LogP contribution in [0.3, 0.4) is 0 Å². The first-order valence-corrected chi connectivity index (χ1v) is 7.37. The summed E-state index contributed by atoms with van der Waals surface area (Å²) in [6.07, 6.45) is 4.44. The van der Waals surface area contributed by atoms with Crippen LogP contribution in [-0.2, 0) is 6.42 Å². The first-order chi connectivity index (χ1) is 10.1. The second-order valence-electron chi connectivity index (χ2n) is 5.66. The zero-order valence-electron chi connectivity index (χ0n) is 12.3. The van der Waals surface area contributed by atoms with E-state index in [2.05, 4.69) is 5.32 Å². The van der Waals surface area contributed by atoms with E-state index in [-0.39, 0.29) is 11.6 Å². The molecule has 114 valence electrons. The third-order valence-corrected chi connectivity index (χ3v) is 3.99. The molecule has 0 radical (unpaired) electrons. The molecule has 21 heavy (non-hydrogen) atoms. The molecule has 2 amide bonds. The molecule has 5 nitrogen and oxygen atoms in total. The summed E-state index contributed by atoms with van der Waals surface area (Å²) in [6.45, 7) is 1.39. The molecule has 1 aliphatic carbocycles.